The third-order valence-electron chi connectivity index (χ3n) is 34.2. The van der Waals surface area contributed by atoms with Gasteiger partial charge in [0.2, 0.25) is 11.8 Å². The first kappa shape index (κ1) is 118. The van der Waals surface area contributed by atoms with Crippen molar-refractivity contribution in [3.8, 4) is 0 Å². The molecule has 8 aliphatic rings. The molecule has 2 amide bonds. The fraction of sp³-hybridized carbons (Fsp3) is 0.894. The van der Waals surface area contributed by atoms with Gasteiger partial charge in [0.1, 0.15) is 37.5 Å². The highest BCUT2D eigenvalue weighted by Crippen LogP contribution is 2.69. The zero-order chi connectivity index (χ0) is 97.8. The Labute approximate surface area is 821 Å². The van der Waals surface area contributed by atoms with Gasteiger partial charge in [0, 0.05) is 32.3 Å². The van der Waals surface area contributed by atoms with Crippen LogP contribution in [0.1, 0.15) is 405 Å². The standard InChI is InChI=1S/C56H103NO7Si2.C49H83NO6.C8H22OSi2/c1-12-14-16-17-18-19-20-21-22-26-52(58)57-51(31-32-53(59)62-38-37-61-39-41-66(10,11)64-65(8,9)40-15-13-2)54(60)63-46-33-35-55(6)45(42-46)27-28-47-49-30-29-48(44(5)25-23-24-43(3)4)56(49,7)36-34-50(47)55;1-8-10-11-12-13-14-15-16-17-21-45(51)50-44(26-27-46(52)55-34-33-54-32-9-2)47(53)56-39-28-30-48(6)38(35-39)22-23-40-42-25-24-41(37(5)20-18-19-36(3)4)49(42,7)31-29-43(40)48;1-6-7-8-11(4,5)9-10(2)3/h27-28,43-51H,12-26,29-42H2,1-11H3,(H,57,58);9,22-23,36-44H,2,8,10-21,24-35H2,1,3-7H3,(H,50,51);10H,6-8H2,1-5H3. The van der Waals surface area contributed by atoms with Gasteiger partial charge in [0.15, 0.2) is 34.0 Å². The maximum atomic E-state index is 14.0. The number of hydrogen-bond donors (Lipinski definition) is 2. The van der Waals surface area contributed by atoms with Crippen molar-refractivity contribution in [2.24, 2.45) is 105 Å². The second-order valence-corrected chi connectivity index (χ2v) is 63.6. The Hall–Kier alpha value is -3.25. The first-order valence-corrected chi connectivity index (χ1v) is 68.2. The monoisotopic (exact) mass is 1930 g/mol. The van der Waals surface area contributed by atoms with E-state index in [4.69, 9.17) is 36.7 Å². The number of carbonyl (C=O) groups is 6. The van der Waals surface area contributed by atoms with E-state index in [1.807, 2.05) is 0 Å². The van der Waals surface area contributed by atoms with E-state index in [2.05, 4.69) is 191 Å². The number of rotatable bonds is 63. The molecule has 0 radical (unpaired) electrons. The predicted octanol–water partition coefficient (Wildman–Crippen LogP) is 29.5. The maximum Gasteiger partial charge on any atom is 0.328 e. The van der Waals surface area contributed by atoms with Crippen LogP contribution in [0.3, 0.4) is 0 Å². The minimum Gasteiger partial charge on any atom is -0.463 e. The molecule has 2 N–H and O–H groups in total. The Morgan fingerprint density at radius 1 is 0.406 bits per heavy atom. The summed E-state index contributed by atoms with van der Waals surface area (Å²) in [6.07, 6.45) is 63.2. The molecule has 6 saturated carbocycles. The van der Waals surface area contributed by atoms with Crippen molar-refractivity contribution in [1.29, 1.82) is 0 Å². The smallest absolute Gasteiger partial charge is 0.328 e. The van der Waals surface area contributed by atoms with Crippen molar-refractivity contribution < 1.29 is 65.4 Å². The van der Waals surface area contributed by atoms with Crippen LogP contribution in [0.15, 0.2) is 37.0 Å². The third kappa shape index (κ3) is 40.2. The first-order chi connectivity index (χ1) is 63.2. The Bertz CT molecular complexity index is 3380. The number of amides is 2. The van der Waals surface area contributed by atoms with Gasteiger partial charge in [0.05, 0.1) is 19.8 Å². The number of allylic oxidation sites excluding steroid dienone is 4. The van der Waals surface area contributed by atoms with Gasteiger partial charge < -0.3 is 47.3 Å². The summed E-state index contributed by atoms with van der Waals surface area (Å²) in [4.78, 5) is 79.8. The van der Waals surface area contributed by atoms with Gasteiger partial charge >= 0.3 is 23.9 Å². The molecule has 0 aliphatic heterocycles. The number of hydrogen-bond acceptors (Lipinski definition) is 14. The zero-order valence-corrected chi connectivity index (χ0v) is 94.2. The largest absolute Gasteiger partial charge is 0.463 e. The van der Waals surface area contributed by atoms with Crippen LogP contribution in [-0.4, -0.2) is 134 Å². The molecule has 6 fully saturated rings. The molecule has 0 saturated heterocycles. The number of fused-ring (bicyclic) bond motifs is 10. The minimum atomic E-state index is -1.85. The van der Waals surface area contributed by atoms with Gasteiger partial charge in [0.25, 0.3) is 0 Å². The SMILES string of the molecule is C=CCOCCOC(=O)CCC(NC(=O)CCCCCCCCCCC)C(=O)OC1CCC2(C)C(C=CC3C2CCC2(C)C(C(C)CCCC(C)C)CCC32)C1.CCCCCCCCCCCC(=O)NC(CCC(=O)OCCOCC[Si](C)(C)O[Si](C)(C)CCCC)C(=O)OC1CCC2(C)C(C=CC3C2CCC2(C)C(C(C)CCCC(C)C)CCC32)C1.CCCC[Si](C)(C)O[SiH](C)C. The Morgan fingerprint density at radius 2 is 0.774 bits per heavy atom. The fourth-order valence-corrected chi connectivity index (χ4v) is 42.0. The lowest BCUT2D eigenvalue weighted by Crippen LogP contribution is -2.53. The number of carbonyl (C=O) groups excluding carboxylic acids is 6. The van der Waals surface area contributed by atoms with E-state index in [-0.39, 0.29) is 86.3 Å². The Kier molecular flexibility index (Phi) is 54.2. The summed E-state index contributed by atoms with van der Waals surface area (Å²) in [7, 11) is -5.52. The molecule has 20 atom stereocenters. The molecule has 770 valence electrons. The van der Waals surface area contributed by atoms with E-state index in [0.29, 0.717) is 79.0 Å². The lowest BCUT2D eigenvalue weighted by Gasteiger charge is -2.59. The molecule has 20 unspecified atom stereocenters. The van der Waals surface area contributed by atoms with Gasteiger partial charge in [-0.1, -0.05) is 294 Å². The molecule has 0 aromatic carbocycles. The average molecular weight is 1930 g/mol. The Balaban J connectivity index is 0.000000370. The molecular formula is C113H208N2O14Si4. The van der Waals surface area contributed by atoms with Gasteiger partial charge in [-0.2, -0.15) is 0 Å². The van der Waals surface area contributed by atoms with Crippen LogP contribution < -0.4 is 10.6 Å². The molecule has 20 heteroatoms. The van der Waals surface area contributed by atoms with Gasteiger partial charge in [-0.05, 0) is 291 Å². The minimum absolute atomic E-state index is 0.0222. The summed E-state index contributed by atoms with van der Waals surface area (Å²) < 4.78 is 47.4. The number of nitrogens with one attached hydrogen (secondary N) is 2. The third-order valence-corrected chi connectivity index (χ3v) is 47.5. The molecule has 8 rings (SSSR count). The van der Waals surface area contributed by atoms with E-state index in [0.717, 1.165) is 130 Å². The molecule has 0 heterocycles. The van der Waals surface area contributed by atoms with E-state index in [1.165, 1.54) is 205 Å². The van der Waals surface area contributed by atoms with Gasteiger partial charge in [-0.15, -0.1) is 6.58 Å². The van der Waals surface area contributed by atoms with E-state index in [1.54, 1.807) is 6.08 Å². The topological polar surface area (TPSA) is 200 Å². The quantitative estimate of drug-likeness (QED) is 0.0191. The number of unbranched alkanes of at least 4 members (excludes halogenated alkanes) is 18. The lowest BCUT2D eigenvalue weighted by molar-refractivity contribution is -0.160. The summed E-state index contributed by atoms with van der Waals surface area (Å²) in [6.45, 7) is 57.8. The predicted molar refractivity (Wildman–Crippen MR) is 563 cm³/mol. The summed E-state index contributed by atoms with van der Waals surface area (Å²) in [5, 5.41) is 5.95. The molecule has 133 heavy (non-hydrogen) atoms. The normalized spacial score (nSPS) is 27.9. The van der Waals surface area contributed by atoms with Gasteiger partial charge in [-0.3, -0.25) is 19.2 Å². The van der Waals surface area contributed by atoms with Crippen molar-refractivity contribution in [2.75, 3.05) is 39.6 Å². The molecular weight excluding hydrogens is 1720 g/mol. The fourth-order valence-electron chi connectivity index (χ4n) is 26.6. The maximum absolute atomic E-state index is 14.0. The van der Waals surface area contributed by atoms with Crippen LogP contribution in [0.25, 0.3) is 0 Å². The molecule has 0 spiro atoms. The van der Waals surface area contributed by atoms with Crippen LogP contribution in [0, 0.1) is 105 Å². The summed E-state index contributed by atoms with van der Waals surface area (Å²) >= 11 is 0. The van der Waals surface area contributed by atoms with E-state index in [9.17, 15) is 28.8 Å². The summed E-state index contributed by atoms with van der Waals surface area (Å²) in [5.74, 6) is 7.89. The van der Waals surface area contributed by atoms with Crippen LogP contribution in [-0.2, 0) is 65.4 Å². The number of esters is 4. The highest BCUT2D eigenvalue weighted by molar-refractivity contribution is 6.84. The Morgan fingerprint density at radius 3 is 1.17 bits per heavy atom. The summed E-state index contributed by atoms with van der Waals surface area (Å²) in [5.41, 5.74) is 1.30. The average Bonchev–Trinajstić information content (AvgIpc) is 1.67. The highest BCUT2D eigenvalue weighted by Gasteiger charge is 2.62. The number of ether oxygens (including phenoxy) is 6. The van der Waals surface area contributed by atoms with Gasteiger partial charge in [-0.25, -0.2) is 9.59 Å². The highest BCUT2D eigenvalue weighted by atomic mass is 28.4. The molecule has 0 aromatic heterocycles. The van der Waals surface area contributed by atoms with Crippen molar-refractivity contribution >= 4 is 69.7 Å². The van der Waals surface area contributed by atoms with Crippen molar-refractivity contribution in [1.82, 2.24) is 10.6 Å². The van der Waals surface area contributed by atoms with Crippen molar-refractivity contribution in [3.63, 3.8) is 0 Å². The van der Waals surface area contributed by atoms with Crippen LogP contribution in [0.4, 0.5) is 0 Å². The van der Waals surface area contributed by atoms with Crippen LogP contribution in [0.5, 0.6) is 0 Å². The van der Waals surface area contributed by atoms with Crippen LogP contribution >= 0.6 is 0 Å². The second-order valence-electron chi connectivity index (χ2n) is 47.7. The van der Waals surface area contributed by atoms with Crippen LogP contribution in [0.2, 0.25) is 70.5 Å². The lowest BCUT2D eigenvalue weighted by atomic mass is 9.46. The molecule has 0 bridgehead atoms. The summed E-state index contributed by atoms with van der Waals surface area (Å²) in [6, 6.07) is 1.69. The molecule has 0 aromatic rings. The molecule has 8 aliphatic carbocycles. The molecule has 16 nitrogen and oxygen atoms in total. The first-order valence-electron chi connectivity index (χ1n) is 56.1. The van der Waals surface area contributed by atoms with E-state index >= 15 is 0 Å². The van der Waals surface area contributed by atoms with E-state index < -0.39 is 64.0 Å². The van der Waals surface area contributed by atoms with Crippen molar-refractivity contribution in [2.45, 2.75) is 500 Å². The van der Waals surface area contributed by atoms with Crippen molar-refractivity contribution in [3.05, 3.63) is 37.0 Å². The second kappa shape index (κ2) is 60.9. The zero-order valence-electron chi connectivity index (χ0n) is 90.1.